The van der Waals surface area contributed by atoms with Crippen molar-refractivity contribution in [3.8, 4) is 131 Å². The van der Waals surface area contributed by atoms with E-state index in [1.54, 1.807) is 11.3 Å². The van der Waals surface area contributed by atoms with Gasteiger partial charge in [0.1, 0.15) is 4.70 Å². The number of unbranched alkanes of at least 4 members (excludes halogenated alkanes) is 11. The van der Waals surface area contributed by atoms with Crippen LogP contribution >= 0.6 is 11.3 Å². The van der Waals surface area contributed by atoms with Crippen molar-refractivity contribution in [1.82, 2.24) is 0 Å². The van der Waals surface area contributed by atoms with E-state index in [2.05, 4.69) is 185 Å². The van der Waals surface area contributed by atoms with Crippen molar-refractivity contribution in [3.05, 3.63) is 64.8 Å². The molecule has 4 rings (SSSR count). The standard InChI is InChI=1S/C52H41N2S/c1-3-5-7-9-11-13-15-17-18-19-20-21-22-23-24-26-28-30-32-38-44-54-50-41-35-36-42-51(50)55-52(54)46-48-45-47-39-33-34-40-49(47)53(48)43-37-31-29-27-25-16-14-12-10-8-6-4-2/h1,33-36,39-42,46H,4,6,8,10,12,14,16,25,27,29,31,37,43,45H2,2H3/q+1. The van der Waals surface area contributed by atoms with E-state index in [0.29, 0.717) is 0 Å². The number of thiazole rings is 1. The van der Waals surface area contributed by atoms with Gasteiger partial charge in [-0.2, -0.15) is 0 Å². The Labute approximate surface area is 334 Å². The molecule has 0 aliphatic carbocycles. The molecule has 3 heteroatoms. The predicted molar refractivity (Wildman–Crippen MR) is 231 cm³/mol. The second-order valence-electron chi connectivity index (χ2n) is 12.4. The Morgan fingerprint density at radius 2 is 1.05 bits per heavy atom. The van der Waals surface area contributed by atoms with E-state index in [0.717, 1.165) is 23.5 Å². The largest absolute Gasteiger partial charge is 0.344 e. The van der Waals surface area contributed by atoms with E-state index in [4.69, 9.17) is 6.42 Å². The molecule has 0 bridgehead atoms. The molecule has 0 N–H and O–H groups in total. The molecule has 0 amide bonds. The number of benzene rings is 2. The van der Waals surface area contributed by atoms with E-state index < -0.39 is 0 Å². The topological polar surface area (TPSA) is 7.12 Å². The highest BCUT2D eigenvalue weighted by atomic mass is 32.1. The first-order valence-electron chi connectivity index (χ1n) is 18.8. The number of aromatic nitrogens is 1. The summed E-state index contributed by atoms with van der Waals surface area (Å²) >= 11 is 1.74. The fourth-order valence-electron chi connectivity index (χ4n) is 5.88. The Kier molecular flexibility index (Phi) is 19.2. The highest BCUT2D eigenvalue weighted by Gasteiger charge is 2.26. The van der Waals surface area contributed by atoms with Gasteiger partial charge in [0.25, 0.3) is 5.01 Å². The quantitative estimate of drug-likeness (QED) is 0.0917. The molecule has 0 saturated carbocycles. The van der Waals surface area contributed by atoms with Gasteiger partial charge in [-0.15, -0.1) is 6.42 Å². The van der Waals surface area contributed by atoms with Gasteiger partial charge < -0.3 is 4.90 Å². The SMILES string of the molecule is C#CC#CC#CC#CC#CC#CC#CC#CC#CC#CC#C[n+]1c(C=C2Cc3ccccc3N2CCCCCCCCCCCCCC)sc2ccccc21. The molecular formula is C52H41N2S+. The summed E-state index contributed by atoms with van der Waals surface area (Å²) < 4.78 is 3.22. The van der Waals surface area contributed by atoms with Gasteiger partial charge >= 0.3 is 0 Å². The third-order valence-corrected chi connectivity index (χ3v) is 9.51. The van der Waals surface area contributed by atoms with Crippen molar-refractivity contribution >= 4 is 33.3 Å². The highest BCUT2D eigenvalue weighted by Crippen LogP contribution is 2.36. The Bertz CT molecular complexity index is 2540. The van der Waals surface area contributed by atoms with Crippen molar-refractivity contribution < 1.29 is 4.57 Å². The molecule has 0 atom stereocenters. The second kappa shape index (κ2) is 25.9. The van der Waals surface area contributed by atoms with Gasteiger partial charge in [-0.05, 0) is 71.5 Å². The smallest absolute Gasteiger partial charge is 0.279 e. The van der Waals surface area contributed by atoms with Crippen molar-refractivity contribution in [1.29, 1.82) is 0 Å². The third-order valence-electron chi connectivity index (χ3n) is 8.43. The summed E-state index contributed by atoms with van der Waals surface area (Å²) in [5.41, 5.74) is 5.07. The normalized spacial score (nSPS) is 10.4. The summed E-state index contributed by atoms with van der Waals surface area (Å²) in [5.74, 6) is 51.6. The van der Waals surface area contributed by atoms with Crippen LogP contribution in [0.4, 0.5) is 5.69 Å². The van der Waals surface area contributed by atoms with Crippen LogP contribution in [-0.4, -0.2) is 6.54 Å². The molecule has 0 fully saturated rings. The average molecular weight is 726 g/mol. The van der Waals surface area contributed by atoms with Crippen molar-refractivity contribution in [3.63, 3.8) is 0 Å². The number of allylic oxidation sites excluding steroid dienone is 1. The van der Waals surface area contributed by atoms with Gasteiger partial charge in [-0.25, -0.2) is 0 Å². The molecule has 0 spiro atoms. The van der Waals surface area contributed by atoms with Gasteiger partial charge in [-0.1, -0.05) is 124 Å². The number of terminal acetylenes is 1. The van der Waals surface area contributed by atoms with E-state index in [-0.39, 0.29) is 0 Å². The molecule has 1 aliphatic heterocycles. The zero-order valence-electron chi connectivity index (χ0n) is 31.5. The fraction of sp³-hybridized carbons (Fsp3) is 0.288. The lowest BCUT2D eigenvalue weighted by molar-refractivity contribution is -0.551. The molecule has 3 aromatic rings. The van der Waals surface area contributed by atoms with E-state index >= 15 is 0 Å². The summed E-state index contributed by atoms with van der Waals surface area (Å²) in [6, 6.07) is 20.4. The van der Waals surface area contributed by atoms with Crippen LogP contribution in [0.2, 0.25) is 0 Å². The number of fused-ring (bicyclic) bond motifs is 2. The van der Waals surface area contributed by atoms with Crippen molar-refractivity contribution in [2.24, 2.45) is 0 Å². The Morgan fingerprint density at radius 1 is 0.582 bits per heavy atom. The summed E-state index contributed by atoms with van der Waals surface area (Å²) in [7, 11) is 0. The van der Waals surface area contributed by atoms with Crippen LogP contribution in [0.3, 0.4) is 0 Å². The minimum absolute atomic E-state index is 0.911. The molecule has 0 saturated heterocycles. The van der Waals surface area contributed by atoms with E-state index in [9.17, 15) is 0 Å². The van der Waals surface area contributed by atoms with Crippen LogP contribution in [0.1, 0.15) is 94.5 Å². The molecule has 1 aliphatic rings. The Balaban J connectivity index is 1.35. The zero-order chi connectivity index (χ0) is 38.4. The number of para-hydroxylation sites is 2. The molecule has 2 heterocycles. The number of nitrogens with zero attached hydrogens (tertiary/aromatic N) is 2. The third kappa shape index (κ3) is 15.3. The van der Waals surface area contributed by atoms with Gasteiger partial charge in [0, 0.05) is 102 Å². The lowest BCUT2D eigenvalue weighted by Crippen LogP contribution is -2.30. The minimum Gasteiger partial charge on any atom is -0.344 e. The highest BCUT2D eigenvalue weighted by molar-refractivity contribution is 7.18. The maximum absolute atomic E-state index is 4.99. The van der Waals surface area contributed by atoms with Gasteiger partial charge in [0.05, 0.1) is 5.92 Å². The predicted octanol–water partition coefficient (Wildman–Crippen LogP) is 8.77. The summed E-state index contributed by atoms with van der Waals surface area (Å²) in [4.78, 5) is 2.52. The van der Waals surface area contributed by atoms with Crippen LogP contribution in [0, 0.1) is 131 Å². The van der Waals surface area contributed by atoms with Crippen LogP contribution in [0.25, 0.3) is 16.3 Å². The molecular weight excluding hydrogens is 685 g/mol. The zero-order valence-corrected chi connectivity index (χ0v) is 32.3. The fourth-order valence-corrected chi connectivity index (χ4v) is 6.95. The van der Waals surface area contributed by atoms with Crippen LogP contribution in [0.5, 0.6) is 0 Å². The molecule has 55 heavy (non-hydrogen) atoms. The minimum atomic E-state index is 0.911. The molecule has 0 radical (unpaired) electrons. The maximum atomic E-state index is 4.99. The number of hydrogen-bond donors (Lipinski definition) is 0. The number of rotatable bonds is 14. The van der Waals surface area contributed by atoms with Crippen molar-refractivity contribution in [2.45, 2.75) is 90.4 Å². The maximum Gasteiger partial charge on any atom is 0.279 e. The van der Waals surface area contributed by atoms with Crippen LogP contribution in [0.15, 0.2) is 54.2 Å². The number of anilines is 1. The first kappa shape index (κ1) is 40.8. The molecule has 0 unspecified atom stereocenters. The lowest BCUT2D eigenvalue weighted by Gasteiger charge is -2.21. The Hall–Kier alpha value is -6.97. The lowest BCUT2D eigenvalue weighted by atomic mass is 10.1. The molecule has 1 aromatic heterocycles. The first-order valence-corrected chi connectivity index (χ1v) is 19.6. The number of hydrogen-bond acceptors (Lipinski definition) is 2. The van der Waals surface area contributed by atoms with Crippen LogP contribution in [-0.2, 0) is 6.42 Å². The molecule has 2 nitrogen and oxygen atoms in total. The van der Waals surface area contributed by atoms with Gasteiger partial charge in [-0.3, -0.25) is 0 Å². The average Bonchev–Trinajstić information content (AvgIpc) is 3.74. The Morgan fingerprint density at radius 3 is 1.62 bits per heavy atom. The monoisotopic (exact) mass is 725 g/mol. The van der Waals surface area contributed by atoms with Crippen molar-refractivity contribution in [2.75, 3.05) is 11.4 Å². The summed E-state index contributed by atoms with van der Waals surface area (Å²) in [6.45, 7) is 3.31. The van der Waals surface area contributed by atoms with Gasteiger partial charge in [0.2, 0.25) is 11.6 Å². The molecule has 2 aromatic carbocycles. The summed E-state index contributed by atoms with van der Waals surface area (Å²) in [5, 5.41) is 1.08. The van der Waals surface area contributed by atoms with Gasteiger partial charge in [0.15, 0.2) is 0 Å². The first-order chi connectivity index (χ1) is 27.3. The second-order valence-corrected chi connectivity index (χ2v) is 13.4. The summed E-state index contributed by atoms with van der Waals surface area (Å²) in [6.07, 6.45) is 24.4. The van der Waals surface area contributed by atoms with E-state index in [1.807, 2.05) is 10.6 Å². The molecule has 264 valence electrons. The van der Waals surface area contributed by atoms with E-state index in [1.165, 1.54) is 98.7 Å². The van der Waals surface area contributed by atoms with Crippen LogP contribution < -0.4 is 9.47 Å².